The summed E-state index contributed by atoms with van der Waals surface area (Å²) < 4.78 is 6.04. The molecule has 4 unspecified atom stereocenters. The highest BCUT2D eigenvalue weighted by Gasteiger charge is 2.34. The van der Waals surface area contributed by atoms with Crippen LogP contribution < -0.4 is 4.74 Å². The molecule has 0 saturated heterocycles. The average Bonchev–Trinajstić information content (AvgIpc) is 2.22. The molecule has 0 radical (unpaired) electrons. The Labute approximate surface area is 110 Å². The normalized spacial score (nSPS) is 32.3. The Hall–Kier alpha value is -1.02. The van der Waals surface area contributed by atoms with Gasteiger partial charge in [0, 0.05) is 0 Å². The van der Waals surface area contributed by atoms with E-state index in [1.165, 1.54) is 11.1 Å². The summed E-state index contributed by atoms with van der Waals surface area (Å²) in [6.45, 7) is 8.52. The summed E-state index contributed by atoms with van der Waals surface area (Å²) in [6, 6.07) is 6.23. The van der Waals surface area contributed by atoms with Crippen molar-refractivity contribution in [3.05, 3.63) is 29.3 Å². The van der Waals surface area contributed by atoms with E-state index in [1.54, 1.807) is 0 Å². The fraction of sp³-hybridized carbons (Fsp3) is 0.625. The van der Waals surface area contributed by atoms with Gasteiger partial charge in [0.15, 0.2) is 0 Å². The monoisotopic (exact) mass is 248 g/mol. The van der Waals surface area contributed by atoms with Crippen molar-refractivity contribution in [2.75, 3.05) is 0 Å². The fourth-order valence-electron chi connectivity index (χ4n) is 3.14. The third-order valence-electron chi connectivity index (χ3n) is 3.83. The molecule has 0 heterocycles. The van der Waals surface area contributed by atoms with Gasteiger partial charge in [-0.15, -0.1) is 0 Å². The number of aryl methyl sites for hydroxylation is 2. The molecule has 1 aliphatic carbocycles. The highest BCUT2D eigenvalue weighted by molar-refractivity contribution is 5.33. The zero-order valence-corrected chi connectivity index (χ0v) is 11.8. The Kier molecular flexibility index (Phi) is 3.96. The molecule has 1 aromatic carbocycles. The van der Waals surface area contributed by atoms with E-state index in [2.05, 4.69) is 33.8 Å². The van der Waals surface area contributed by atoms with Crippen molar-refractivity contribution in [3.63, 3.8) is 0 Å². The van der Waals surface area contributed by atoms with E-state index in [1.807, 2.05) is 12.1 Å². The van der Waals surface area contributed by atoms with Crippen LogP contribution in [0, 0.1) is 25.7 Å². The van der Waals surface area contributed by atoms with Crippen molar-refractivity contribution >= 4 is 0 Å². The van der Waals surface area contributed by atoms with Gasteiger partial charge in [-0.25, -0.2) is 0 Å². The van der Waals surface area contributed by atoms with Crippen molar-refractivity contribution in [1.82, 2.24) is 0 Å². The SMILES string of the molecule is Cc1cc(C)cc(OC2C(C)CC(C)CC2O)c1. The number of rotatable bonds is 2. The highest BCUT2D eigenvalue weighted by atomic mass is 16.5. The van der Waals surface area contributed by atoms with Gasteiger partial charge in [0.2, 0.25) is 0 Å². The summed E-state index contributed by atoms with van der Waals surface area (Å²) in [6.07, 6.45) is 1.57. The Morgan fingerprint density at radius 1 is 1.06 bits per heavy atom. The number of ether oxygens (including phenoxy) is 1. The van der Waals surface area contributed by atoms with E-state index in [4.69, 9.17) is 4.74 Å². The molecule has 2 rings (SSSR count). The molecule has 1 aromatic rings. The average molecular weight is 248 g/mol. The van der Waals surface area contributed by atoms with Gasteiger partial charge in [0.1, 0.15) is 11.9 Å². The number of hydrogen-bond acceptors (Lipinski definition) is 2. The van der Waals surface area contributed by atoms with Crippen LogP contribution in [0.3, 0.4) is 0 Å². The summed E-state index contributed by atoms with van der Waals surface area (Å²) in [5.41, 5.74) is 2.41. The van der Waals surface area contributed by atoms with Gasteiger partial charge in [0.05, 0.1) is 6.10 Å². The predicted octanol–water partition coefficient (Wildman–Crippen LogP) is 3.48. The molecule has 0 aromatic heterocycles. The summed E-state index contributed by atoms with van der Waals surface area (Å²) in [5, 5.41) is 10.2. The Bertz CT molecular complexity index is 381. The minimum atomic E-state index is -0.343. The van der Waals surface area contributed by atoms with Crippen molar-refractivity contribution in [3.8, 4) is 5.75 Å². The standard InChI is InChI=1S/C16H24O2/c1-10-5-11(2)8-14(7-10)18-16-13(4)6-12(3)9-15(16)17/h5,7-8,12-13,15-17H,6,9H2,1-4H3. The van der Waals surface area contributed by atoms with E-state index >= 15 is 0 Å². The highest BCUT2D eigenvalue weighted by Crippen LogP contribution is 2.32. The maximum Gasteiger partial charge on any atom is 0.127 e. The first kappa shape index (κ1) is 13.4. The molecule has 1 saturated carbocycles. The van der Waals surface area contributed by atoms with Crippen LogP contribution in [-0.2, 0) is 0 Å². The van der Waals surface area contributed by atoms with Gasteiger partial charge in [-0.3, -0.25) is 0 Å². The molecule has 1 N–H and O–H groups in total. The van der Waals surface area contributed by atoms with Crippen molar-refractivity contribution in [2.45, 2.75) is 52.7 Å². The van der Waals surface area contributed by atoms with E-state index in [0.29, 0.717) is 11.8 Å². The smallest absolute Gasteiger partial charge is 0.127 e. The van der Waals surface area contributed by atoms with Crippen molar-refractivity contribution in [1.29, 1.82) is 0 Å². The Balaban J connectivity index is 2.12. The molecule has 1 aliphatic rings. The number of hydrogen-bond donors (Lipinski definition) is 1. The van der Waals surface area contributed by atoms with E-state index < -0.39 is 0 Å². The second-order valence-corrected chi connectivity index (χ2v) is 6.03. The van der Waals surface area contributed by atoms with Gasteiger partial charge in [0.25, 0.3) is 0 Å². The van der Waals surface area contributed by atoms with Crippen LogP contribution >= 0.6 is 0 Å². The maximum atomic E-state index is 10.2. The number of aliphatic hydroxyl groups excluding tert-OH is 1. The molecular weight excluding hydrogens is 224 g/mol. The minimum Gasteiger partial charge on any atom is -0.487 e. The number of benzene rings is 1. The molecule has 2 nitrogen and oxygen atoms in total. The molecule has 18 heavy (non-hydrogen) atoms. The molecule has 4 atom stereocenters. The van der Waals surface area contributed by atoms with Crippen LogP contribution in [0.5, 0.6) is 5.75 Å². The Morgan fingerprint density at radius 2 is 1.67 bits per heavy atom. The fourth-order valence-corrected chi connectivity index (χ4v) is 3.14. The third-order valence-corrected chi connectivity index (χ3v) is 3.83. The van der Waals surface area contributed by atoms with Gasteiger partial charge in [-0.2, -0.15) is 0 Å². The number of aliphatic hydroxyl groups is 1. The topological polar surface area (TPSA) is 29.5 Å². The first-order valence-electron chi connectivity index (χ1n) is 6.88. The first-order valence-corrected chi connectivity index (χ1v) is 6.88. The molecule has 100 valence electrons. The predicted molar refractivity (Wildman–Crippen MR) is 73.9 cm³/mol. The first-order chi connectivity index (χ1) is 8.45. The van der Waals surface area contributed by atoms with Gasteiger partial charge in [-0.1, -0.05) is 19.9 Å². The molecule has 0 amide bonds. The largest absolute Gasteiger partial charge is 0.487 e. The van der Waals surface area contributed by atoms with E-state index in [9.17, 15) is 5.11 Å². The Morgan fingerprint density at radius 3 is 2.22 bits per heavy atom. The third kappa shape index (κ3) is 3.05. The lowest BCUT2D eigenvalue weighted by Crippen LogP contribution is -2.43. The molecule has 2 heteroatoms. The van der Waals surface area contributed by atoms with Crippen LogP contribution in [0.4, 0.5) is 0 Å². The minimum absolute atomic E-state index is 0.0672. The lowest BCUT2D eigenvalue weighted by molar-refractivity contribution is -0.0388. The zero-order valence-electron chi connectivity index (χ0n) is 11.8. The second-order valence-electron chi connectivity index (χ2n) is 6.03. The molecular formula is C16H24O2. The van der Waals surface area contributed by atoms with Crippen LogP contribution in [0.25, 0.3) is 0 Å². The lowest BCUT2D eigenvalue weighted by atomic mass is 9.79. The quantitative estimate of drug-likeness (QED) is 0.868. The summed E-state index contributed by atoms with van der Waals surface area (Å²) >= 11 is 0. The van der Waals surface area contributed by atoms with Gasteiger partial charge < -0.3 is 9.84 Å². The summed E-state index contributed by atoms with van der Waals surface area (Å²) in [4.78, 5) is 0. The van der Waals surface area contributed by atoms with Gasteiger partial charge >= 0.3 is 0 Å². The van der Waals surface area contributed by atoms with Crippen LogP contribution in [0.1, 0.15) is 37.8 Å². The van der Waals surface area contributed by atoms with Gasteiger partial charge in [-0.05, 0) is 61.8 Å². The zero-order chi connectivity index (χ0) is 13.3. The molecule has 0 aliphatic heterocycles. The maximum absolute atomic E-state index is 10.2. The molecule has 0 bridgehead atoms. The van der Waals surface area contributed by atoms with Crippen LogP contribution in [-0.4, -0.2) is 17.3 Å². The second kappa shape index (κ2) is 5.31. The molecule has 1 fully saturated rings. The van der Waals surface area contributed by atoms with E-state index in [0.717, 1.165) is 18.6 Å². The van der Waals surface area contributed by atoms with Crippen molar-refractivity contribution < 1.29 is 9.84 Å². The molecule has 0 spiro atoms. The van der Waals surface area contributed by atoms with Crippen LogP contribution in [0.2, 0.25) is 0 Å². The van der Waals surface area contributed by atoms with E-state index in [-0.39, 0.29) is 12.2 Å². The summed E-state index contributed by atoms with van der Waals surface area (Å²) in [7, 11) is 0. The lowest BCUT2D eigenvalue weighted by Gasteiger charge is -2.36. The summed E-state index contributed by atoms with van der Waals surface area (Å²) in [5.74, 6) is 1.89. The van der Waals surface area contributed by atoms with Crippen LogP contribution in [0.15, 0.2) is 18.2 Å². The van der Waals surface area contributed by atoms with Crippen molar-refractivity contribution in [2.24, 2.45) is 11.8 Å².